The van der Waals surface area contributed by atoms with Crippen molar-refractivity contribution in [1.82, 2.24) is 0 Å². The lowest BCUT2D eigenvalue weighted by Crippen LogP contribution is -1.95. The SMILES string of the molecule is CP(C)(=O)COCc1ccccc1. The molecule has 0 aromatic heterocycles. The molecule has 0 fully saturated rings. The maximum absolute atomic E-state index is 11.3. The fraction of sp³-hybridized carbons (Fsp3) is 0.400. The van der Waals surface area contributed by atoms with Crippen LogP contribution < -0.4 is 0 Å². The molecule has 0 aliphatic heterocycles. The van der Waals surface area contributed by atoms with E-state index in [0.717, 1.165) is 5.56 Å². The smallest absolute Gasteiger partial charge is 0.106 e. The number of hydrogen-bond donors (Lipinski definition) is 0. The van der Waals surface area contributed by atoms with Gasteiger partial charge in [-0.2, -0.15) is 0 Å². The fourth-order valence-electron chi connectivity index (χ4n) is 0.958. The van der Waals surface area contributed by atoms with Crippen molar-refractivity contribution in [3.8, 4) is 0 Å². The van der Waals surface area contributed by atoms with Crippen molar-refractivity contribution in [2.24, 2.45) is 0 Å². The molecule has 72 valence electrons. The van der Waals surface area contributed by atoms with Gasteiger partial charge < -0.3 is 9.30 Å². The summed E-state index contributed by atoms with van der Waals surface area (Å²) in [4.78, 5) is 0. The maximum Gasteiger partial charge on any atom is 0.106 e. The lowest BCUT2D eigenvalue weighted by molar-refractivity contribution is 0.163. The highest BCUT2D eigenvalue weighted by atomic mass is 31.2. The van der Waals surface area contributed by atoms with Gasteiger partial charge in [0.2, 0.25) is 0 Å². The third-order valence-corrected chi connectivity index (χ3v) is 2.32. The van der Waals surface area contributed by atoms with E-state index in [1.165, 1.54) is 0 Å². The lowest BCUT2D eigenvalue weighted by atomic mass is 10.2. The van der Waals surface area contributed by atoms with Gasteiger partial charge in [0.1, 0.15) is 7.14 Å². The summed E-state index contributed by atoms with van der Waals surface area (Å²) in [6.45, 7) is 4.02. The first kappa shape index (κ1) is 10.5. The van der Waals surface area contributed by atoms with Gasteiger partial charge in [-0.05, 0) is 18.9 Å². The second-order valence-electron chi connectivity index (χ2n) is 3.54. The van der Waals surface area contributed by atoms with Crippen LogP contribution in [0.4, 0.5) is 0 Å². The first-order chi connectivity index (χ1) is 6.08. The number of benzene rings is 1. The van der Waals surface area contributed by atoms with Gasteiger partial charge in [0, 0.05) is 0 Å². The molecular formula is C10H15O2P. The zero-order valence-corrected chi connectivity index (χ0v) is 8.96. The molecule has 0 spiro atoms. The highest BCUT2D eigenvalue weighted by molar-refractivity contribution is 7.62. The first-order valence-electron chi connectivity index (χ1n) is 4.23. The molecule has 0 radical (unpaired) electrons. The Morgan fingerprint density at radius 1 is 1.23 bits per heavy atom. The van der Waals surface area contributed by atoms with E-state index < -0.39 is 7.14 Å². The van der Waals surface area contributed by atoms with Crippen LogP contribution in [0.1, 0.15) is 5.56 Å². The largest absolute Gasteiger partial charge is 0.369 e. The third kappa shape index (κ3) is 4.87. The van der Waals surface area contributed by atoms with Crippen LogP contribution >= 0.6 is 7.14 Å². The third-order valence-electron chi connectivity index (χ3n) is 1.51. The van der Waals surface area contributed by atoms with Crippen LogP contribution in [-0.2, 0) is 15.9 Å². The highest BCUT2D eigenvalue weighted by Gasteiger charge is 2.05. The Kier molecular flexibility index (Phi) is 3.71. The van der Waals surface area contributed by atoms with E-state index in [4.69, 9.17) is 4.74 Å². The van der Waals surface area contributed by atoms with E-state index in [0.29, 0.717) is 13.0 Å². The molecule has 0 saturated heterocycles. The Morgan fingerprint density at radius 3 is 2.38 bits per heavy atom. The summed E-state index contributed by atoms with van der Waals surface area (Å²) in [7, 11) is -2.02. The maximum atomic E-state index is 11.3. The number of ether oxygens (including phenoxy) is 1. The predicted molar refractivity (Wildman–Crippen MR) is 55.6 cm³/mol. The fourth-order valence-corrected chi connectivity index (χ4v) is 1.49. The quantitative estimate of drug-likeness (QED) is 0.695. The van der Waals surface area contributed by atoms with E-state index in [9.17, 15) is 4.57 Å². The molecule has 0 atom stereocenters. The molecule has 0 N–H and O–H groups in total. The summed E-state index contributed by atoms with van der Waals surface area (Å²) >= 11 is 0. The minimum absolute atomic E-state index is 0.363. The van der Waals surface area contributed by atoms with E-state index in [1.807, 2.05) is 30.3 Å². The minimum atomic E-state index is -2.02. The van der Waals surface area contributed by atoms with Crippen LogP contribution in [-0.4, -0.2) is 19.7 Å². The van der Waals surface area contributed by atoms with Crippen LogP contribution in [0.2, 0.25) is 0 Å². The standard InChI is InChI=1S/C10H15O2P/c1-13(2,11)9-12-8-10-6-4-3-5-7-10/h3-7H,8-9H2,1-2H3. The molecule has 0 bridgehead atoms. The summed E-state index contributed by atoms with van der Waals surface area (Å²) in [6, 6.07) is 9.90. The van der Waals surface area contributed by atoms with E-state index in [-0.39, 0.29) is 0 Å². The Bertz CT molecular complexity index is 289. The minimum Gasteiger partial charge on any atom is -0.369 e. The van der Waals surface area contributed by atoms with Crippen LogP contribution in [0.5, 0.6) is 0 Å². The normalized spacial score (nSPS) is 11.5. The van der Waals surface area contributed by atoms with Gasteiger partial charge in [0.25, 0.3) is 0 Å². The molecule has 2 nitrogen and oxygen atoms in total. The summed E-state index contributed by atoms with van der Waals surface area (Å²) in [6.07, 6.45) is 0.363. The second kappa shape index (κ2) is 4.59. The van der Waals surface area contributed by atoms with Gasteiger partial charge >= 0.3 is 0 Å². The van der Waals surface area contributed by atoms with Crippen molar-refractivity contribution < 1.29 is 9.30 Å². The average Bonchev–Trinajstić information content (AvgIpc) is 2.04. The first-order valence-corrected chi connectivity index (χ1v) is 7.02. The highest BCUT2D eigenvalue weighted by Crippen LogP contribution is 2.35. The van der Waals surface area contributed by atoms with Gasteiger partial charge in [-0.3, -0.25) is 0 Å². The molecule has 3 heteroatoms. The Labute approximate surface area is 79.3 Å². The van der Waals surface area contributed by atoms with Crippen molar-refractivity contribution >= 4 is 7.14 Å². The molecule has 1 aromatic rings. The molecule has 0 aliphatic rings. The molecule has 0 heterocycles. The van der Waals surface area contributed by atoms with Crippen molar-refractivity contribution in [2.75, 3.05) is 19.7 Å². The second-order valence-corrected chi connectivity index (χ2v) is 6.94. The summed E-state index contributed by atoms with van der Waals surface area (Å²) in [5.41, 5.74) is 1.12. The Morgan fingerprint density at radius 2 is 1.85 bits per heavy atom. The molecule has 0 unspecified atom stereocenters. The molecule has 0 amide bonds. The van der Waals surface area contributed by atoms with Crippen LogP contribution in [0.3, 0.4) is 0 Å². The van der Waals surface area contributed by atoms with Gasteiger partial charge in [0.05, 0.1) is 13.0 Å². The number of hydrogen-bond acceptors (Lipinski definition) is 2. The zero-order valence-electron chi connectivity index (χ0n) is 8.06. The monoisotopic (exact) mass is 198 g/mol. The summed E-state index contributed by atoms with van der Waals surface area (Å²) < 4.78 is 16.6. The van der Waals surface area contributed by atoms with Crippen molar-refractivity contribution in [3.05, 3.63) is 35.9 Å². The molecule has 1 rings (SSSR count). The lowest BCUT2D eigenvalue weighted by Gasteiger charge is -2.07. The van der Waals surface area contributed by atoms with Crippen LogP contribution in [0, 0.1) is 0 Å². The molecule has 0 aliphatic carbocycles. The molecule has 13 heavy (non-hydrogen) atoms. The van der Waals surface area contributed by atoms with Crippen molar-refractivity contribution in [3.63, 3.8) is 0 Å². The number of rotatable bonds is 4. The summed E-state index contributed by atoms with van der Waals surface area (Å²) in [5, 5.41) is 0. The van der Waals surface area contributed by atoms with E-state index >= 15 is 0 Å². The zero-order chi connectivity index (χ0) is 9.73. The van der Waals surface area contributed by atoms with Crippen molar-refractivity contribution in [2.45, 2.75) is 6.61 Å². The van der Waals surface area contributed by atoms with Crippen LogP contribution in [0.25, 0.3) is 0 Å². The Balaban J connectivity index is 2.33. The average molecular weight is 198 g/mol. The van der Waals surface area contributed by atoms with Crippen molar-refractivity contribution in [1.29, 1.82) is 0 Å². The van der Waals surface area contributed by atoms with Gasteiger partial charge in [-0.15, -0.1) is 0 Å². The van der Waals surface area contributed by atoms with Crippen LogP contribution in [0.15, 0.2) is 30.3 Å². The molecular weight excluding hydrogens is 183 g/mol. The predicted octanol–water partition coefficient (Wildman–Crippen LogP) is 2.78. The van der Waals surface area contributed by atoms with Gasteiger partial charge in [-0.1, -0.05) is 30.3 Å². The van der Waals surface area contributed by atoms with E-state index in [1.54, 1.807) is 13.3 Å². The topological polar surface area (TPSA) is 26.3 Å². The molecule has 0 saturated carbocycles. The van der Waals surface area contributed by atoms with E-state index in [2.05, 4.69) is 0 Å². The summed E-state index contributed by atoms with van der Waals surface area (Å²) in [5.74, 6) is 0. The van der Waals surface area contributed by atoms with Gasteiger partial charge in [-0.25, -0.2) is 0 Å². The molecule has 1 aromatic carbocycles. The van der Waals surface area contributed by atoms with Gasteiger partial charge in [0.15, 0.2) is 0 Å². The Hall–Kier alpha value is -0.590.